The van der Waals surface area contributed by atoms with Gasteiger partial charge in [0.05, 0.1) is 30.8 Å². The number of methoxy groups -OCH3 is 2. The maximum absolute atomic E-state index is 12.6. The number of amides is 2. The number of aryl methyl sites for hydroxylation is 1. The SMILES string of the molecule is COc1cc(N2CC(C(=O)Nc3ccc(C)cc3)CC2=O)c(OC)cc1Cl. The molecule has 1 aliphatic heterocycles. The first-order valence-electron chi connectivity index (χ1n) is 8.52. The van der Waals surface area contributed by atoms with Crippen LogP contribution < -0.4 is 19.7 Å². The number of nitrogens with one attached hydrogen (secondary N) is 1. The summed E-state index contributed by atoms with van der Waals surface area (Å²) in [6.07, 6.45) is 0.131. The third kappa shape index (κ3) is 4.01. The predicted molar refractivity (Wildman–Crippen MR) is 105 cm³/mol. The Bertz CT molecular complexity index is 867. The fraction of sp³-hybridized carbons (Fsp3) is 0.300. The Labute approximate surface area is 163 Å². The van der Waals surface area contributed by atoms with Gasteiger partial charge in [0.1, 0.15) is 11.5 Å². The molecule has 0 aliphatic carbocycles. The van der Waals surface area contributed by atoms with E-state index in [9.17, 15) is 9.59 Å². The monoisotopic (exact) mass is 388 g/mol. The smallest absolute Gasteiger partial charge is 0.229 e. The molecule has 6 nitrogen and oxygen atoms in total. The fourth-order valence-electron chi connectivity index (χ4n) is 3.05. The van der Waals surface area contributed by atoms with Crippen LogP contribution in [0.5, 0.6) is 11.5 Å². The van der Waals surface area contributed by atoms with Crippen LogP contribution in [0, 0.1) is 12.8 Å². The molecular weight excluding hydrogens is 368 g/mol. The Balaban J connectivity index is 1.79. The number of carbonyl (C=O) groups excluding carboxylic acids is 2. The second-order valence-corrected chi connectivity index (χ2v) is 6.83. The Morgan fingerprint density at radius 1 is 1.15 bits per heavy atom. The number of rotatable bonds is 5. The first-order chi connectivity index (χ1) is 12.9. The Kier molecular flexibility index (Phi) is 5.56. The molecule has 1 fully saturated rings. The van der Waals surface area contributed by atoms with E-state index in [0.717, 1.165) is 5.56 Å². The number of carbonyl (C=O) groups is 2. The van der Waals surface area contributed by atoms with Crippen molar-refractivity contribution in [3.05, 3.63) is 47.0 Å². The van der Waals surface area contributed by atoms with Gasteiger partial charge in [-0.25, -0.2) is 0 Å². The molecule has 2 aromatic rings. The molecule has 1 N–H and O–H groups in total. The fourth-order valence-corrected chi connectivity index (χ4v) is 3.28. The first kappa shape index (κ1) is 19.0. The van der Waals surface area contributed by atoms with Gasteiger partial charge in [-0.2, -0.15) is 0 Å². The third-order valence-corrected chi connectivity index (χ3v) is 4.85. The van der Waals surface area contributed by atoms with Crippen LogP contribution in [0.15, 0.2) is 36.4 Å². The van der Waals surface area contributed by atoms with E-state index < -0.39 is 5.92 Å². The molecule has 142 valence electrons. The van der Waals surface area contributed by atoms with E-state index in [-0.39, 0.29) is 24.8 Å². The van der Waals surface area contributed by atoms with Crippen molar-refractivity contribution >= 4 is 34.8 Å². The highest BCUT2D eigenvalue weighted by Crippen LogP contribution is 2.40. The van der Waals surface area contributed by atoms with Crippen LogP contribution >= 0.6 is 11.6 Å². The molecule has 0 bridgehead atoms. The lowest BCUT2D eigenvalue weighted by Crippen LogP contribution is -2.28. The summed E-state index contributed by atoms with van der Waals surface area (Å²) in [5.74, 6) is 0.100. The first-order valence-corrected chi connectivity index (χ1v) is 8.90. The molecule has 0 spiro atoms. The van der Waals surface area contributed by atoms with Crippen LogP contribution in [0.1, 0.15) is 12.0 Å². The summed E-state index contributed by atoms with van der Waals surface area (Å²) in [4.78, 5) is 26.7. The Morgan fingerprint density at radius 3 is 2.44 bits per heavy atom. The zero-order valence-corrected chi connectivity index (χ0v) is 16.2. The topological polar surface area (TPSA) is 67.9 Å². The molecular formula is C20H21ClN2O4. The summed E-state index contributed by atoms with van der Waals surface area (Å²) in [6, 6.07) is 10.8. The van der Waals surface area contributed by atoms with Gasteiger partial charge in [-0.3, -0.25) is 9.59 Å². The van der Waals surface area contributed by atoms with Gasteiger partial charge in [0.15, 0.2) is 0 Å². The van der Waals surface area contributed by atoms with Crippen LogP contribution in [0.3, 0.4) is 0 Å². The maximum Gasteiger partial charge on any atom is 0.229 e. The standard InChI is InChI=1S/C20H21ClN2O4/c1-12-4-6-14(7-5-12)22-20(25)13-8-19(24)23(11-13)16-10-17(26-2)15(21)9-18(16)27-3/h4-7,9-10,13H,8,11H2,1-3H3,(H,22,25). The summed E-state index contributed by atoms with van der Waals surface area (Å²) in [6.45, 7) is 2.24. The number of hydrogen-bond donors (Lipinski definition) is 1. The molecule has 1 aliphatic rings. The lowest BCUT2D eigenvalue weighted by molar-refractivity contribution is -0.122. The van der Waals surface area contributed by atoms with Crippen molar-refractivity contribution in [3.63, 3.8) is 0 Å². The lowest BCUT2D eigenvalue weighted by Gasteiger charge is -2.21. The van der Waals surface area contributed by atoms with Crippen molar-refractivity contribution < 1.29 is 19.1 Å². The highest BCUT2D eigenvalue weighted by Gasteiger charge is 2.36. The molecule has 1 heterocycles. The van der Waals surface area contributed by atoms with E-state index in [1.165, 1.54) is 19.1 Å². The van der Waals surface area contributed by atoms with Gasteiger partial charge in [-0.05, 0) is 19.1 Å². The maximum atomic E-state index is 12.6. The molecule has 1 unspecified atom stereocenters. The zero-order chi connectivity index (χ0) is 19.6. The summed E-state index contributed by atoms with van der Waals surface area (Å²) >= 11 is 6.13. The minimum Gasteiger partial charge on any atom is -0.495 e. The van der Waals surface area contributed by atoms with Gasteiger partial charge in [0.25, 0.3) is 0 Å². The van der Waals surface area contributed by atoms with Crippen molar-refractivity contribution in [1.82, 2.24) is 0 Å². The van der Waals surface area contributed by atoms with E-state index in [1.807, 2.05) is 31.2 Å². The van der Waals surface area contributed by atoms with Gasteiger partial charge in [0, 0.05) is 30.8 Å². The summed E-state index contributed by atoms with van der Waals surface area (Å²) in [5, 5.41) is 3.26. The molecule has 1 saturated heterocycles. The zero-order valence-electron chi connectivity index (χ0n) is 15.4. The number of nitrogens with zero attached hydrogens (tertiary/aromatic N) is 1. The quantitative estimate of drug-likeness (QED) is 0.848. The molecule has 0 aromatic heterocycles. The minimum atomic E-state index is -0.454. The van der Waals surface area contributed by atoms with Crippen LogP contribution in [-0.4, -0.2) is 32.6 Å². The molecule has 3 rings (SSSR count). The summed E-state index contributed by atoms with van der Waals surface area (Å²) in [5.41, 5.74) is 2.36. The van der Waals surface area contributed by atoms with Crippen molar-refractivity contribution in [2.75, 3.05) is 31.0 Å². The average Bonchev–Trinajstić information content (AvgIpc) is 3.05. The lowest BCUT2D eigenvalue weighted by atomic mass is 10.1. The van der Waals surface area contributed by atoms with E-state index in [4.69, 9.17) is 21.1 Å². The molecule has 2 amide bonds. The van der Waals surface area contributed by atoms with Gasteiger partial charge in [-0.1, -0.05) is 29.3 Å². The van der Waals surface area contributed by atoms with Gasteiger partial charge < -0.3 is 19.7 Å². The van der Waals surface area contributed by atoms with E-state index in [0.29, 0.717) is 27.9 Å². The van der Waals surface area contributed by atoms with Crippen molar-refractivity contribution in [1.29, 1.82) is 0 Å². The highest BCUT2D eigenvalue weighted by molar-refractivity contribution is 6.32. The number of benzene rings is 2. The summed E-state index contributed by atoms with van der Waals surface area (Å²) in [7, 11) is 3.00. The second kappa shape index (κ2) is 7.88. The van der Waals surface area contributed by atoms with E-state index >= 15 is 0 Å². The van der Waals surface area contributed by atoms with Crippen molar-refractivity contribution in [2.45, 2.75) is 13.3 Å². The molecule has 1 atom stereocenters. The van der Waals surface area contributed by atoms with Gasteiger partial charge in [-0.15, -0.1) is 0 Å². The Hall–Kier alpha value is -2.73. The molecule has 7 heteroatoms. The second-order valence-electron chi connectivity index (χ2n) is 6.42. The highest BCUT2D eigenvalue weighted by atomic mass is 35.5. The molecule has 27 heavy (non-hydrogen) atoms. The summed E-state index contributed by atoms with van der Waals surface area (Å²) < 4.78 is 10.6. The largest absolute Gasteiger partial charge is 0.495 e. The van der Waals surface area contributed by atoms with E-state index in [1.54, 1.807) is 12.1 Å². The number of hydrogen-bond acceptors (Lipinski definition) is 4. The number of anilines is 2. The number of halogens is 1. The van der Waals surface area contributed by atoms with Crippen molar-refractivity contribution in [3.8, 4) is 11.5 Å². The van der Waals surface area contributed by atoms with Crippen LogP contribution in [0.25, 0.3) is 0 Å². The van der Waals surface area contributed by atoms with Crippen LogP contribution in [0.2, 0.25) is 5.02 Å². The van der Waals surface area contributed by atoms with Gasteiger partial charge in [0.2, 0.25) is 11.8 Å². The molecule has 0 saturated carbocycles. The minimum absolute atomic E-state index is 0.131. The van der Waals surface area contributed by atoms with Crippen LogP contribution in [-0.2, 0) is 9.59 Å². The number of ether oxygens (including phenoxy) is 2. The molecule has 2 aromatic carbocycles. The van der Waals surface area contributed by atoms with E-state index in [2.05, 4.69) is 5.32 Å². The predicted octanol–water partition coefficient (Wildman–Crippen LogP) is 3.66. The molecule has 0 radical (unpaired) electrons. The normalized spacial score (nSPS) is 16.4. The van der Waals surface area contributed by atoms with Crippen molar-refractivity contribution in [2.24, 2.45) is 5.92 Å². The Morgan fingerprint density at radius 2 is 1.81 bits per heavy atom. The average molecular weight is 389 g/mol. The van der Waals surface area contributed by atoms with Crippen LogP contribution in [0.4, 0.5) is 11.4 Å². The third-order valence-electron chi connectivity index (χ3n) is 4.56. The van der Waals surface area contributed by atoms with Gasteiger partial charge >= 0.3 is 0 Å².